The minimum atomic E-state index is -0.586. The number of thiocarbonyl (C=S) groups is 1. The van der Waals surface area contributed by atoms with E-state index in [1.54, 1.807) is 48.4 Å². The molecule has 0 atom stereocenters. The molecule has 1 aliphatic rings. The van der Waals surface area contributed by atoms with E-state index in [-0.39, 0.29) is 29.9 Å². The Kier molecular flexibility index (Phi) is 9.12. The zero-order chi connectivity index (χ0) is 29.6. The number of aromatic amines is 1. The molecule has 1 saturated carbocycles. The van der Waals surface area contributed by atoms with Gasteiger partial charge in [-0.05, 0) is 88.5 Å². The number of alkyl carbamates (subject to hydrolysis) is 1. The molecule has 0 radical (unpaired) electrons. The van der Waals surface area contributed by atoms with Gasteiger partial charge in [0.15, 0.2) is 5.11 Å². The number of hydrogen-bond donors (Lipinski definition) is 3. The predicted octanol–water partition coefficient (Wildman–Crippen LogP) is 5.82. The van der Waals surface area contributed by atoms with Gasteiger partial charge in [-0.3, -0.25) is 10.1 Å². The van der Waals surface area contributed by atoms with Crippen LogP contribution in [0.4, 0.5) is 10.5 Å². The molecule has 1 fully saturated rings. The van der Waals surface area contributed by atoms with E-state index >= 15 is 0 Å². The van der Waals surface area contributed by atoms with Crippen LogP contribution in [0, 0.1) is 0 Å². The van der Waals surface area contributed by atoms with Gasteiger partial charge in [0.25, 0.3) is 5.91 Å². The molecule has 2 aromatic carbocycles. The SMILES string of the molecule is CCOC(=O)c1[nH]ccc1N(Cc1ccc(C2(NC(=O)OC(C)(C)C)CCC2)cc1)C(=S)NC(=O)c1ccccc1. The molecule has 0 unspecified atom stereocenters. The number of H-pyrrole nitrogens is 1. The number of carbonyl (C=O) groups is 3. The second kappa shape index (κ2) is 12.6. The molecule has 3 N–H and O–H groups in total. The van der Waals surface area contributed by atoms with Crippen molar-refractivity contribution < 1.29 is 23.9 Å². The zero-order valence-corrected chi connectivity index (χ0v) is 24.6. The molecule has 2 amide bonds. The fourth-order valence-corrected chi connectivity index (χ4v) is 4.93. The van der Waals surface area contributed by atoms with Gasteiger partial charge in [0, 0.05) is 11.8 Å². The molecule has 0 bridgehead atoms. The van der Waals surface area contributed by atoms with Gasteiger partial charge >= 0.3 is 12.1 Å². The maximum absolute atomic E-state index is 12.9. The van der Waals surface area contributed by atoms with Crippen molar-refractivity contribution in [1.82, 2.24) is 15.6 Å². The molecule has 0 spiro atoms. The average molecular weight is 577 g/mol. The molecule has 10 heteroatoms. The molecular weight excluding hydrogens is 540 g/mol. The number of ether oxygens (including phenoxy) is 2. The van der Waals surface area contributed by atoms with Crippen LogP contribution in [0.5, 0.6) is 0 Å². The molecule has 1 aromatic heterocycles. The molecule has 1 heterocycles. The highest BCUT2D eigenvalue weighted by Gasteiger charge is 2.41. The fraction of sp³-hybridized carbons (Fsp3) is 0.355. The lowest BCUT2D eigenvalue weighted by molar-refractivity contribution is 0.0376. The first-order chi connectivity index (χ1) is 19.5. The summed E-state index contributed by atoms with van der Waals surface area (Å²) in [7, 11) is 0. The molecule has 4 rings (SSSR count). The Morgan fingerprint density at radius 3 is 2.29 bits per heavy atom. The minimum Gasteiger partial charge on any atom is -0.461 e. The second-order valence-electron chi connectivity index (χ2n) is 10.9. The average Bonchev–Trinajstić information content (AvgIpc) is 3.39. The highest BCUT2D eigenvalue weighted by molar-refractivity contribution is 7.80. The van der Waals surface area contributed by atoms with Crippen molar-refractivity contribution >= 4 is 41.0 Å². The summed E-state index contributed by atoms with van der Waals surface area (Å²) in [6, 6.07) is 18.4. The molecule has 0 aliphatic heterocycles. The van der Waals surface area contributed by atoms with Gasteiger partial charge in [-0.25, -0.2) is 9.59 Å². The molecule has 41 heavy (non-hydrogen) atoms. The van der Waals surface area contributed by atoms with Crippen LogP contribution < -0.4 is 15.5 Å². The highest BCUT2D eigenvalue weighted by atomic mass is 32.1. The maximum Gasteiger partial charge on any atom is 0.408 e. The summed E-state index contributed by atoms with van der Waals surface area (Å²) in [5, 5.41) is 6.00. The van der Waals surface area contributed by atoms with Crippen LogP contribution >= 0.6 is 12.2 Å². The molecule has 1 aliphatic carbocycles. The van der Waals surface area contributed by atoms with Crippen molar-refractivity contribution in [2.75, 3.05) is 11.5 Å². The number of nitrogens with one attached hydrogen (secondary N) is 3. The van der Waals surface area contributed by atoms with E-state index in [0.717, 1.165) is 30.4 Å². The Balaban J connectivity index is 1.57. The van der Waals surface area contributed by atoms with Crippen LogP contribution in [-0.4, -0.2) is 40.3 Å². The Bertz CT molecular complexity index is 1390. The van der Waals surface area contributed by atoms with E-state index < -0.39 is 23.2 Å². The third kappa shape index (κ3) is 7.32. The number of carbonyl (C=O) groups excluding carboxylic acids is 3. The first-order valence-corrected chi connectivity index (χ1v) is 14.0. The van der Waals surface area contributed by atoms with Crippen LogP contribution in [-0.2, 0) is 21.6 Å². The van der Waals surface area contributed by atoms with Gasteiger partial charge in [0.05, 0.1) is 24.4 Å². The smallest absolute Gasteiger partial charge is 0.408 e. The lowest BCUT2D eigenvalue weighted by Crippen LogP contribution is -2.52. The Morgan fingerprint density at radius 1 is 1.02 bits per heavy atom. The highest BCUT2D eigenvalue weighted by Crippen LogP contribution is 2.41. The van der Waals surface area contributed by atoms with Crippen molar-refractivity contribution in [3.05, 3.63) is 89.2 Å². The number of amides is 2. The van der Waals surface area contributed by atoms with Crippen molar-refractivity contribution in [2.45, 2.75) is 64.6 Å². The van der Waals surface area contributed by atoms with E-state index in [4.69, 9.17) is 21.7 Å². The first kappa shape index (κ1) is 29.8. The van der Waals surface area contributed by atoms with Crippen molar-refractivity contribution in [3.63, 3.8) is 0 Å². The van der Waals surface area contributed by atoms with Crippen LogP contribution in [0.3, 0.4) is 0 Å². The number of nitrogens with zero attached hydrogens (tertiary/aromatic N) is 1. The van der Waals surface area contributed by atoms with E-state index in [9.17, 15) is 14.4 Å². The maximum atomic E-state index is 12.9. The topological polar surface area (TPSA) is 113 Å². The van der Waals surface area contributed by atoms with Crippen molar-refractivity contribution in [3.8, 4) is 0 Å². The summed E-state index contributed by atoms with van der Waals surface area (Å²) in [4.78, 5) is 42.7. The largest absolute Gasteiger partial charge is 0.461 e. The van der Waals surface area contributed by atoms with Gasteiger partial charge in [0.1, 0.15) is 11.3 Å². The van der Waals surface area contributed by atoms with Gasteiger partial charge in [-0.2, -0.15) is 0 Å². The first-order valence-electron chi connectivity index (χ1n) is 13.6. The Hall–Kier alpha value is -4.18. The van der Waals surface area contributed by atoms with Crippen LogP contribution in [0.25, 0.3) is 0 Å². The summed E-state index contributed by atoms with van der Waals surface area (Å²) in [6.45, 7) is 7.73. The number of hydrogen-bond acceptors (Lipinski definition) is 6. The summed E-state index contributed by atoms with van der Waals surface area (Å²) >= 11 is 5.68. The molecule has 3 aromatic rings. The predicted molar refractivity (Wildman–Crippen MR) is 161 cm³/mol. The lowest BCUT2D eigenvalue weighted by atomic mass is 9.72. The number of anilines is 1. The van der Waals surface area contributed by atoms with Crippen LogP contribution in [0.15, 0.2) is 66.9 Å². The number of benzene rings is 2. The molecule has 9 nitrogen and oxygen atoms in total. The van der Waals surface area contributed by atoms with Gasteiger partial charge in [-0.15, -0.1) is 0 Å². The van der Waals surface area contributed by atoms with Gasteiger partial charge in [-0.1, -0.05) is 42.5 Å². The minimum absolute atomic E-state index is 0.134. The quantitative estimate of drug-likeness (QED) is 0.229. The third-order valence-corrected chi connectivity index (χ3v) is 7.11. The van der Waals surface area contributed by atoms with E-state index in [1.807, 2.05) is 51.1 Å². The van der Waals surface area contributed by atoms with E-state index in [0.29, 0.717) is 11.3 Å². The number of esters is 1. The van der Waals surface area contributed by atoms with Crippen molar-refractivity contribution in [2.24, 2.45) is 0 Å². The standard InChI is InChI=1S/C31H36N4O5S/c1-5-39-27(37)25-24(16-19-32-25)35(28(41)33-26(36)22-10-7-6-8-11-22)20-21-12-14-23(15-13-21)31(17-9-18-31)34-29(38)40-30(2,3)4/h6-8,10-16,19,32H,5,9,17-18,20H2,1-4H3,(H,34,38)(H,33,36,41). The number of rotatable bonds is 8. The van der Waals surface area contributed by atoms with Crippen LogP contribution in [0.1, 0.15) is 78.9 Å². The Morgan fingerprint density at radius 2 is 1.71 bits per heavy atom. The van der Waals surface area contributed by atoms with Crippen LogP contribution in [0.2, 0.25) is 0 Å². The summed E-state index contributed by atoms with van der Waals surface area (Å²) in [6.07, 6.45) is 3.83. The lowest BCUT2D eigenvalue weighted by Gasteiger charge is -2.43. The fourth-order valence-electron chi connectivity index (χ4n) is 4.67. The third-order valence-electron chi connectivity index (χ3n) is 6.79. The molecule has 216 valence electrons. The van der Waals surface area contributed by atoms with E-state index in [1.165, 1.54) is 0 Å². The summed E-state index contributed by atoms with van der Waals surface area (Å²) < 4.78 is 10.7. The monoisotopic (exact) mass is 576 g/mol. The second-order valence-corrected chi connectivity index (χ2v) is 11.3. The van der Waals surface area contributed by atoms with Gasteiger partial charge < -0.3 is 24.7 Å². The summed E-state index contributed by atoms with van der Waals surface area (Å²) in [5.74, 6) is -0.880. The number of aromatic nitrogens is 1. The summed E-state index contributed by atoms with van der Waals surface area (Å²) in [5.41, 5.74) is 1.98. The van der Waals surface area contributed by atoms with Gasteiger partial charge in [0.2, 0.25) is 0 Å². The van der Waals surface area contributed by atoms with Crippen molar-refractivity contribution in [1.29, 1.82) is 0 Å². The van der Waals surface area contributed by atoms with E-state index in [2.05, 4.69) is 15.6 Å². The molecule has 0 saturated heterocycles. The normalized spacial score (nSPS) is 13.9. The Labute approximate surface area is 245 Å². The zero-order valence-electron chi connectivity index (χ0n) is 23.8. The molecular formula is C31H36N4O5S.